The topological polar surface area (TPSA) is 56.5 Å². The van der Waals surface area contributed by atoms with Gasteiger partial charge >= 0.3 is 0 Å². The van der Waals surface area contributed by atoms with Gasteiger partial charge in [-0.25, -0.2) is 4.98 Å². The lowest BCUT2D eigenvalue weighted by molar-refractivity contribution is 0.204. The van der Waals surface area contributed by atoms with E-state index in [0.717, 1.165) is 18.5 Å². The summed E-state index contributed by atoms with van der Waals surface area (Å²) in [5.41, 5.74) is 1.47. The van der Waals surface area contributed by atoms with Gasteiger partial charge in [-0.05, 0) is 40.9 Å². The maximum atomic E-state index is 10.7. The highest BCUT2D eigenvalue weighted by atomic mass is 79.9. The molecule has 2 aromatic rings. The molecule has 0 bridgehead atoms. The van der Waals surface area contributed by atoms with E-state index in [-0.39, 0.29) is 0 Å². The first kappa shape index (κ1) is 14.4. The number of imidazole rings is 1. The monoisotopic (exact) mass is 352 g/mol. The van der Waals surface area contributed by atoms with Crippen LogP contribution in [0.5, 0.6) is 11.5 Å². The molecule has 1 aliphatic carbocycles. The Kier molecular flexibility index (Phi) is 3.91. The molecule has 0 radical (unpaired) electrons. The highest BCUT2D eigenvalue weighted by Crippen LogP contribution is 2.43. The second kappa shape index (κ2) is 5.69. The van der Waals surface area contributed by atoms with E-state index in [0.29, 0.717) is 27.6 Å². The van der Waals surface area contributed by atoms with Crippen LogP contribution in [0.15, 0.2) is 29.1 Å². The molecule has 3 rings (SSSR count). The fourth-order valence-corrected chi connectivity index (χ4v) is 3.16. The summed E-state index contributed by atoms with van der Waals surface area (Å²) in [6, 6.07) is 4.09. The van der Waals surface area contributed by atoms with E-state index >= 15 is 0 Å². The Hall–Kier alpha value is -1.53. The molecular weight excluding hydrogens is 336 g/mol. The Morgan fingerprint density at radius 2 is 2.10 bits per heavy atom. The van der Waals surface area contributed by atoms with Crippen LogP contribution in [0.4, 0.5) is 0 Å². The molecule has 1 aromatic heterocycles. The molecule has 6 heteroatoms. The zero-order valence-corrected chi connectivity index (χ0v) is 13.5. The molecule has 21 heavy (non-hydrogen) atoms. The van der Waals surface area contributed by atoms with Crippen LogP contribution in [0, 0.1) is 0 Å². The van der Waals surface area contributed by atoms with E-state index in [4.69, 9.17) is 9.47 Å². The zero-order chi connectivity index (χ0) is 15.0. The van der Waals surface area contributed by atoms with Crippen molar-refractivity contribution in [2.24, 2.45) is 0 Å². The average Bonchev–Trinajstić information content (AvgIpc) is 3.23. The van der Waals surface area contributed by atoms with E-state index in [9.17, 15) is 5.11 Å². The SMILES string of the molecule is COc1ccc(C(O)c2cncn2C2CC2)c(OC)c1Br. The first-order chi connectivity index (χ1) is 10.2. The zero-order valence-electron chi connectivity index (χ0n) is 11.9. The number of nitrogens with zero attached hydrogens (tertiary/aromatic N) is 2. The lowest BCUT2D eigenvalue weighted by Gasteiger charge is -2.18. The van der Waals surface area contributed by atoms with Crippen molar-refractivity contribution in [3.05, 3.63) is 40.4 Å². The molecule has 0 spiro atoms. The van der Waals surface area contributed by atoms with Crippen LogP contribution in [0.3, 0.4) is 0 Å². The Morgan fingerprint density at radius 1 is 1.33 bits per heavy atom. The summed E-state index contributed by atoms with van der Waals surface area (Å²) in [6.45, 7) is 0. The van der Waals surface area contributed by atoms with Crippen molar-refractivity contribution in [3.63, 3.8) is 0 Å². The van der Waals surface area contributed by atoms with Crippen molar-refractivity contribution < 1.29 is 14.6 Å². The van der Waals surface area contributed by atoms with Gasteiger partial charge in [0.25, 0.3) is 0 Å². The predicted octanol–water partition coefficient (Wildman–Crippen LogP) is 3.08. The molecule has 5 nitrogen and oxygen atoms in total. The van der Waals surface area contributed by atoms with Crippen molar-refractivity contribution in [1.82, 2.24) is 9.55 Å². The van der Waals surface area contributed by atoms with Crippen LogP contribution in [0.2, 0.25) is 0 Å². The second-order valence-electron chi connectivity index (χ2n) is 5.06. The van der Waals surface area contributed by atoms with Crippen molar-refractivity contribution in [2.75, 3.05) is 14.2 Å². The quantitative estimate of drug-likeness (QED) is 0.898. The number of hydrogen-bond donors (Lipinski definition) is 1. The van der Waals surface area contributed by atoms with Gasteiger partial charge in [0.2, 0.25) is 0 Å². The summed E-state index contributed by atoms with van der Waals surface area (Å²) < 4.78 is 13.4. The molecule has 1 aliphatic rings. The number of rotatable bonds is 5. The third kappa shape index (κ3) is 2.53. The molecule has 0 amide bonds. The molecule has 112 valence electrons. The van der Waals surface area contributed by atoms with Gasteiger partial charge < -0.3 is 19.1 Å². The summed E-state index contributed by atoms with van der Waals surface area (Å²) in [5.74, 6) is 1.24. The van der Waals surface area contributed by atoms with Gasteiger partial charge in [-0.3, -0.25) is 0 Å². The van der Waals surface area contributed by atoms with E-state index in [1.165, 1.54) is 0 Å². The fraction of sp³-hybridized carbons (Fsp3) is 0.400. The summed E-state index contributed by atoms with van der Waals surface area (Å²) in [5, 5.41) is 10.7. The standard InChI is InChI=1S/C15H17BrN2O3/c1-20-12-6-5-10(15(21-2)13(12)16)14(19)11-7-17-8-18(11)9-3-4-9/h5-9,14,19H,3-4H2,1-2H3. The average molecular weight is 353 g/mol. The van der Waals surface area contributed by atoms with Crippen molar-refractivity contribution in [1.29, 1.82) is 0 Å². The number of methoxy groups -OCH3 is 2. The van der Waals surface area contributed by atoms with Crippen molar-refractivity contribution in [3.8, 4) is 11.5 Å². The van der Waals surface area contributed by atoms with Crippen LogP contribution in [-0.2, 0) is 0 Å². The molecule has 1 N–H and O–H groups in total. The van der Waals surface area contributed by atoms with Gasteiger partial charge in [0, 0.05) is 11.6 Å². The minimum atomic E-state index is -0.787. The number of aromatic nitrogens is 2. The van der Waals surface area contributed by atoms with E-state index < -0.39 is 6.10 Å². The summed E-state index contributed by atoms with van der Waals surface area (Å²) in [7, 11) is 3.17. The number of hydrogen-bond acceptors (Lipinski definition) is 4. The summed E-state index contributed by atoms with van der Waals surface area (Å²) >= 11 is 3.46. The van der Waals surface area contributed by atoms with E-state index in [1.807, 2.05) is 16.7 Å². The number of benzene rings is 1. The Balaban J connectivity index is 2.02. The molecule has 1 aromatic carbocycles. The number of aliphatic hydroxyl groups excluding tert-OH is 1. The minimum Gasteiger partial charge on any atom is -0.495 e. The molecule has 1 heterocycles. The molecule has 0 saturated heterocycles. The number of halogens is 1. The highest BCUT2D eigenvalue weighted by molar-refractivity contribution is 9.10. The molecular formula is C15H17BrN2O3. The molecule has 1 unspecified atom stereocenters. The Morgan fingerprint density at radius 3 is 2.71 bits per heavy atom. The van der Waals surface area contributed by atoms with Crippen LogP contribution < -0.4 is 9.47 Å². The van der Waals surface area contributed by atoms with Crippen LogP contribution >= 0.6 is 15.9 Å². The Bertz CT molecular complexity index is 652. The number of aliphatic hydroxyl groups is 1. The van der Waals surface area contributed by atoms with Gasteiger partial charge in [-0.2, -0.15) is 0 Å². The maximum Gasteiger partial charge on any atom is 0.143 e. The maximum absolute atomic E-state index is 10.7. The van der Waals surface area contributed by atoms with Gasteiger partial charge in [0.15, 0.2) is 0 Å². The van der Waals surface area contributed by atoms with Crippen molar-refractivity contribution >= 4 is 15.9 Å². The molecule has 1 atom stereocenters. The third-order valence-electron chi connectivity index (χ3n) is 3.73. The number of ether oxygens (including phenoxy) is 2. The highest BCUT2D eigenvalue weighted by Gasteiger charge is 2.29. The smallest absolute Gasteiger partial charge is 0.143 e. The normalized spacial score (nSPS) is 15.8. The molecule has 0 aliphatic heterocycles. The minimum absolute atomic E-state index is 0.463. The van der Waals surface area contributed by atoms with Crippen LogP contribution in [-0.4, -0.2) is 28.9 Å². The third-order valence-corrected chi connectivity index (χ3v) is 4.48. The van der Waals surface area contributed by atoms with Gasteiger partial charge in [0.05, 0.1) is 32.4 Å². The van der Waals surface area contributed by atoms with E-state index in [2.05, 4.69) is 20.9 Å². The van der Waals surface area contributed by atoms with Gasteiger partial charge in [0.1, 0.15) is 22.1 Å². The second-order valence-corrected chi connectivity index (χ2v) is 5.86. The fourth-order valence-electron chi connectivity index (χ4n) is 2.48. The van der Waals surface area contributed by atoms with Crippen LogP contribution in [0.25, 0.3) is 0 Å². The van der Waals surface area contributed by atoms with Gasteiger partial charge in [-0.1, -0.05) is 0 Å². The Labute approximate surface area is 131 Å². The molecule has 1 fully saturated rings. The van der Waals surface area contributed by atoms with Crippen LogP contribution in [0.1, 0.15) is 36.2 Å². The largest absolute Gasteiger partial charge is 0.495 e. The summed E-state index contributed by atoms with van der Waals surface area (Å²) in [6.07, 6.45) is 4.98. The van der Waals surface area contributed by atoms with E-state index in [1.54, 1.807) is 26.7 Å². The van der Waals surface area contributed by atoms with Gasteiger partial charge in [-0.15, -0.1) is 0 Å². The first-order valence-corrected chi connectivity index (χ1v) is 7.56. The predicted molar refractivity (Wildman–Crippen MR) is 81.8 cm³/mol. The lowest BCUT2D eigenvalue weighted by Crippen LogP contribution is -2.09. The lowest BCUT2D eigenvalue weighted by atomic mass is 10.1. The first-order valence-electron chi connectivity index (χ1n) is 6.77. The van der Waals surface area contributed by atoms with Crippen molar-refractivity contribution in [2.45, 2.75) is 25.0 Å². The summed E-state index contributed by atoms with van der Waals surface area (Å²) in [4.78, 5) is 4.17. The molecule has 1 saturated carbocycles.